The molecule has 2 aromatic rings. The molecule has 0 radical (unpaired) electrons. The van der Waals surface area contributed by atoms with E-state index in [9.17, 15) is 9.18 Å². The zero-order chi connectivity index (χ0) is 13.8. The summed E-state index contributed by atoms with van der Waals surface area (Å²) in [5, 5.41) is 2.63. The van der Waals surface area contributed by atoms with Crippen LogP contribution >= 0.6 is 15.9 Å². The van der Waals surface area contributed by atoms with Crippen LogP contribution in [0.15, 0.2) is 41.0 Å². The van der Waals surface area contributed by atoms with Crippen LogP contribution < -0.4 is 11.1 Å². The summed E-state index contributed by atoms with van der Waals surface area (Å²) in [4.78, 5) is 15.4. The minimum atomic E-state index is -0.799. The van der Waals surface area contributed by atoms with Gasteiger partial charge in [0, 0.05) is 17.2 Å². The number of nitrogens with two attached hydrogens (primary N) is 1. The van der Waals surface area contributed by atoms with Crippen LogP contribution in [0.2, 0.25) is 0 Å². The van der Waals surface area contributed by atoms with Gasteiger partial charge >= 0.3 is 0 Å². The monoisotopic (exact) mass is 323 g/mol. The van der Waals surface area contributed by atoms with E-state index in [2.05, 4.69) is 26.2 Å². The molecule has 0 atom stereocenters. The average molecular weight is 324 g/mol. The number of carbonyl (C=O) groups excluding carboxylic acids is 1. The van der Waals surface area contributed by atoms with Crippen LogP contribution in [0.4, 0.5) is 10.2 Å². The Morgan fingerprint density at radius 1 is 1.37 bits per heavy atom. The van der Waals surface area contributed by atoms with E-state index in [1.54, 1.807) is 0 Å². The number of rotatable bonds is 3. The molecule has 0 unspecified atom stereocenters. The van der Waals surface area contributed by atoms with Crippen LogP contribution in [-0.4, -0.2) is 10.9 Å². The quantitative estimate of drug-likeness (QED) is 0.911. The fraction of sp³-hybridized carbons (Fsp3) is 0.0769. The molecule has 0 fully saturated rings. The number of nitrogens with one attached hydrogen (secondary N) is 1. The predicted molar refractivity (Wildman–Crippen MR) is 73.9 cm³/mol. The fourth-order valence-electron chi connectivity index (χ4n) is 1.55. The van der Waals surface area contributed by atoms with Gasteiger partial charge in [-0.2, -0.15) is 0 Å². The van der Waals surface area contributed by atoms with Crippen LogP contribution in [0.1, 0.15) is 15.9 Å². The average Bonchev–Trinajstić information content (AvgIpc) is 2.40. The minimum Gasteiger partial charge on any atom is -0.381 e. The van der Waals surface area contributed by atoms with E-state index in [-0.39, 0.29) is 11.4 Å². The molecule has 2 rings (SSSR count). The Kier molecular flexibility index (Phi) is 4.11. The highest BCUT2D eigenvalue weighted by atomic mass is 79.9. The molecule has 0 spiro atoms. The number of pyridine rings is 1. The largest absolute Gasteiger partial charge is 0.381 e. The van der Waals surface area contributed by atoms with Crippen molar-refractivity contribution in [1.82, 2.24) is 10.3 Å². The number of halogens is 2. The Morgan fingerprint density at radius 3 is 2.84 bits per heavy atom. The molecule has 1 amide bonds. The molecule has 0 saturated carbocycles. The SMILES string of the molecule is Nc1nccc(C(=O)NCc2ccccc2Br)c1F. The summed E-state index contributed by atoms with van der Waals surface area (Å²) in [5.41, 5.74) is 6.11. The van der Waals surface area contributed by atoms with Crippen molar-refractivity contribution >= 4 is 27.7 Å². The highest BCUT2D eigenvalue weighted by Crippen LogP contribution is 2.16. The molecule has 1 aromatic heterocycles. The van der Waals surface area contributed by atoms with Gasteiger partial charge in [0.25, 0.3) is 5.91 Å². The molecule has 0 bridgehead atoms. The molecule has 0 saturated heterocycles. The van der Waals surface area contributed by atoms with E-state index in [4.69, 9.17) is 5.73 Å². The molecule has 0 aliphatic rings. The molecule has 19 heavy (non-hydrogen) atoms. The number of carbonyl (C=O) groups is 1. The van der Waals surface area contributed by atoms with Crippen molar-refractivity contribution in [1.29, 1.82) is 0 Å². The van der Waals surface area contributed by atoms with Crippen molar-refractivity contribution in [2.75, 3.05) is 5.73 Å². The lowest BCUT2D eigenvalue weighted by Crippen LogP contribution is -2.24. The van der Waals surface area contributed by atoms with E-state index in [1.807, 2.05) is 24.3 Å². The lowest BCUT2D eigenvalue weighted by molar-refractivity contribution is 0.0946. The van der Waals surface area contributed by atoms with Crippen molar-refractivity contribution in [3.05, 3.63) is 57.9 Å². The van der Waals surface area contributed by atoms with E-state index >= 15 is 0 Å². The van der Waals surface area contributed by atoms with Crippen LogP contribution in [0.3, 0.4) is 0 Å². The van der Waals surface area contributed by atoms with Gasteiger partial charge in [-0.05, 0) is 17.7 Å². The summed E-state index contributed by atoms with van der Waals surface area (Å²) in [5.74, 6) is -1.61. The van der Waals surface area contributed by atoms with Crippen molar-refractivity contribution in [2.24, 2.45) is 0 Å². The first-order valence-corrected chi connectivity index (χ1v) is 6.30. The topological polar surface area (TPSA) is 68.0 Å². The lowest BCUT2D eigenvalue weighted by atomic mass is 10.2. The highest BCUT2D eigenvalue weighted by Gasteiger charge is 2.14. The first-order chi connectivity index (χ1) is 9.09. The second-order valence-corrected chi connectivity index (χ2v) is 4.69. The van der Waals surface area contributed by atoms with Gasteiger partial charge in [-0.25, -0.2) is 9.37 Å². The maximum atomic E-state index is 13.6. The standard InChI is InChI=1S/C13H11BrFN3O/c14-10-4-2-1-3-8(10)7-18-13(19)9-5-6-17-12(16)11(9)15/h1-6H,7H2,(H2,16,17)(H,18,19). The third-order valence-electron chi connectivity index (χ3n) is 2.56. The summed E-state index contributed by atoms with van der Waals surface area (Å²) in [6.45, 7) is 0.294. The zero-order valence-electron chi connectivity index (χ0n) is 9.86. The molecule has 4 nitrogen and oxygen atoms in total. The van der Waals surface area contributed by atoms with Gasteiger partial charge in [-0.1, -0.05) is 34.1 Å². The molecular weight excluding hydrogens is 313 g/mol. The Morgan fingerprint density at radius 2 is 2.11 bits per heavy atom. The third kappa shape index (κ3) is 3.08. The summed E-state index contributed by atoms with van der Waals surface area (Å²) < 4.78 is 14.5. The van der Waals surface area contributed by atoms with Gasteiger partial charge in [0.1, 0.15) is 0 Å². The molecule has 0 aliphatic heterocycles. The van der Waals surface area contributed by atoms with Crippen molar-refractivity contribution in [3.8, 4) is 0 Å². The summed E-state index contributed by atoms with van der Waals surface area (Å²) >= 11 is 3.37. The van der Waals surface area contributed by atoms with Gasteiger partial charge in [0.2, 0.25) is 0 Å². The number of aromatic nitrogens is 1. The zero-order valence-corrected chi connectivity index (χ0v) is 11.4. The van der Waals surface area contributed by atoms with Crippen LogP contribution in [0.5, 0.6) is 0 Å². The number of hydrogen-bond acceptors (Lipinski definition) is 3. The van der Waals surface area contributed by atoms with Crippen LogP contribution in [0, 0.1) is 5.82 Å². The Balaban J connectivity index is 2.10. The number of nitrogen functional groups attached to an aromatic ring is 1. The molecule has 98 valence electrons. The third-order valence-corrected chi connectivity index (χ3v) is 3.33. The van der Waals surface area contributed by atoms with Crippen LogP contribution in [-0.2, 0) is 6.54 Å². The fourth-order valence-corrected chi connectivity index (χ4v) is 1.97. The smallest absolute Gasteiger partial charge is 0.254 e. The predicted octanol–water partition coefficient (Wildman–Crippen LogP) is 2.50. The molecule has 1 aromatic carbocycles. The van der Waals surface area contributed by atoms with Gasteiger partial charge < -0.3 is 11.1 Å². The number of anilines is 1. The number of amides is 1. The van der Waals surface area contributed by atoms with Crippen LogP contribution in [0.25, 0.3) is 0 Å². The van der Waals surface area contributed by atoms with E-state index < -0.39 is 11.7 Å². The van der Waals surface area contributed by atoms with E-state index in [0.717, 1.165) is 10.0 Å². The van der Waals surface area contributed by atoms with Crippen molar-refractivity contribution < 1.29 is 9.18 Å². The maximum Gasteiger partial charge on any atom is 0.254 e. The van der Waals surface area contributed by atoms with Gasteiger partial charge in [-0.3, -0.25) is 4.79 Å². The number of nitrogens with zero attached hydrogens (tertiary/aromatic N) is 1. The molecular formula is C13H11BrFN3O. The minimum absolute atomic E-state index is 0.112. The molecule has 3 N–H and O–H groups in total. The van der Waals surface area contributed by atoms with E-state index in [1.165, 1.54) is 12.3 Å². The summed E-state index contributed by atoms with van der Waals surface area (Å²) in [7, 11) is 0. The molecule has 0 aliphatic carbocycles. The summed E-state index contributed by atoms with van der Waals surface area (Å²) in [6.07, 6.45) is 1.30. The second-order valence-electron chi connectivity index (χ2n) is 3.83. The first-order valence-electron chi connectivity index (χ1n) is 5.51. The Bertz CT molecular complexity index is 619. The van der Waals surface area contributed by atoms with Gasteiger partial charge in [0.05, 0.1) is 5.56 Å². The number of hydrogen-bond donors (Lipinski definition) is 2. The second kappa shape index (κ2) is 5.79. The summed E-state index contributed by atoms with van der Waals surface area (Å²) in [6, 6.07) is 8.76. The molecule has 1 heterocycles. The Labute approximate surface area is 118 Å². The maximum absolute atomic E-state index is 13.6. The first kappa shape index (κ1) is 13.5. The van der Waals surface area contributed by atoms with Gasteiger partial charge in [0.15, 0.2) is 11.6 Å². The van der Waals surface area contributed by atoms with Crippen molar-refractivity contribution in [3.63, 3.8) is 0 Å². The highest BCUT2D eigenvalue weighted by molar-refractivity contribution is 9.10. The van der Waals surface area contributed by atoms with Gasteiger partial charge in [-0.15, -0.1) is 0 Å². The Hall–Kier alpha value is -1.95. The van der Waals surface area contributed by atoms with E-state index in [0.29, 0.717) is 6.54 Å². The lowest BCUT2D eigenvalue weighted by Gasteiger charge is -2.08. The normalized spacial score (nSPS) is 10.2. The number of benzene rings is 1. The molecule has 6 heteroatoms. The van der Waals surface area contributed by atoms with Crippen molar-refractivity contribution in [2.45, 2.75) is 6.54 Å².